The third kappa shape index (κ3) is 4.71. The molecule has 0 saturated carbocycles. The van der Waals surface area contributed by atoms with Crippen LogP contribution in [0.3, 0.4) is 0 Å². The Morgan fingerprint density at radius 1 is 1.20 bits per heavy atom. The van der Waals surface area contributed by atoms with Crippen molar-refractivity contribution in [3.8, 4) is 11.5 Å². The lowest BCUT2D eigenvalue weighted by molar-refractivity contribution is -0.113. The molecule has 6 nitrogen and oxygen atoms in total. The molecule has 0 atom stereocenters. The van der Waals surface area contributed by atoms with Crippen LogP contribution >= 0.6 is 27.7 Å². The number of benzene rings is 2. The van der Waals surface area contributed by atoms with Crippen LogP contribution in [0.25, 0.3) is 6.08 Å². The number of aromatic hydroxyl groups is 1. The van der Waals surface area contributed by atoms with Crippen molar-refractivity contribution in [2.24, 2.45) is 4.99 Å². The first kappa shape index (κ1) is 21.0. The van der Waals surface area contributed by atoms with Gasteiger partial charge in [-0.2, -0.15) is 4.99 Å². The number of amidine groups is 1. The van der Waals surface area contributed by atoms with Gasteiger partial charge in [0.1, 0.15) is 0 Å². The van der Waals surface area contributed by atoms with Gasteiger partial charge in [0.2, 0.25) is 0 Å². The zero-order valence-electron chi connectivity index (χ0n) is 16.5. The first-order valence-electron chi connectivity index (χ1n) is 9.64. The van der Waals surface area contributed by atoms with Gasteiger partial charge in [-0.15, -0.1) is 0 Å². The fraction of sp³-hybridized carbons (Fsp3) is 0.273. The van der Waals surface area contributed by atoms with Crippen LogP contribution in [0.15, 0.2) is 56.8 Å². The average Bonchev–Trinajstić information content (AvgIpc) is 3.12. The van der Waals surface area contributed by atoms with Crippen molar-refractivity contribution in [3.63, 3.8) is 0 Å². The number of hydrogen-bond donors (Lipinski definition) is 1. The highest BCUT2D eigenvalue weighted by molar-refractivity contribution is 9.10. The number of phenols is 1. The predicted octanol–water partition coefficient (Wildman–Crippen LogP) is 3.95. The number of halogens is 1. The van der Waals surface area contributed by atoms with Crippen molar-refractivity contribution < 1.29 is 14.6 Å². The Kier molecular flexibility index (Phi) is 6.46. The van der Waals surface area contributed by atoms with Gasteiger partial charge in [0.15, 0.2) is 16.7 Å². The van der Waals surface area contributed by atoms with Crippen molar-refractivity contribution in [2.75, 3.05) is 33.3 Å². The number of phenolic OH excluding ortho intramolecular Hbond substituents is 1. The third-order valence-corrected chi connectivity index (χ3v) is 6.72. The van der Waals surface area contributed by atoms with Crippen LogP contribution < -0.4 is 4.74 Å². The molecule has 2 aliphatic heterocycles. The van der Waals surface area contributed by atoms with E-state index >= 15 is 0 Å². The number of thioether (sulfide) groups is 1. The molecule has 2 aliphatic rings. The summed E-state index contributed by atoms with van der Waals surface area (Å²) in [5.74, 6) is 0.155. The zero-order valence-corrected chi connectivity index (χ0v) is 18.9. The number of amides is 1. The molecule has 0 aliphatic carbocycles. The molecule has 2 heterocycles. The second-order valence-electron chi connectivity index (χ2n) is 7.11. The molecule has 8 heteroatoms. The minimum atomic E-state index is -0.232. The van der Waals surface area contributed by atoms with Crippen LogP contribution in [0.4, 0.5) is 0 Å². The molecule has 0 unspecified atom stereocenters. The van der Waals surface area contributed by atoms with Crippen molar-refractivity contribution >= 4 is 44.8 Å². The number of piperazine rings is 1. The first-order chi connectivity index (χ1) is 14.5. The highest BCUT2D eigenvalue weighted by Gasteiger charge is 2.28. The molecular weight excluding hydrogens is 466 g/mol. The van der Waals surface area contributed by atoms with E-state index in [1.54, 1.807) is 18.2 Å². The summed E-state index contributed by atoms with van der Waals surface area (Å²) < 4.78 is 5.70. The van der Waals surface area contributed by atoms with Crippen LogP contribution in [0.1, 0.15) is 11.1 Å². The average molecular weight is 488 g/mol. The van der Waals surface area contributed by atoms with Gasteiger partial charge in [0, 0.05) is 32.7 Å². The fourth-order valence-corrected chi connectivity index (χ4v) is 4.88. The van der Waals surface area contributed by atoms with Gasteiger partial charge >= 0.3 is 0 Å². The summed E-state index contributed by atoms with van der Waals surface area (Å²) in [5, 5.41) is 10.7. The second-order valence-corrected chi connectivity index (χ2v) is 8.98. The largest absolute Gasteiger partial charge is 0.503 e. The van der Waals surface area contributed by atoms with Crippen molar-refractivity contribution in [1.82, 2.24) is 9.80 Å². The molecule has 2 aromatic rings. The van der Waals surface area contributed by atoms with Crippen molar-refractivity contribution in [3.05, 3.63) is 63.0 Å². The van der Waals surface area contributed by atoms with E-state index in [0.29, 0.717) is 15.1 Å². The maximum absolute atomic E-state index is 12.4. The van der Waals surface area contributed by atoms with Gasteiger partial charge in [-0.25, -0.2) is 0 Å². The van der Waals surface area contributed by atoms with Crippen molar-refractivity contribution in [1.29, 1.82) is 0 Å². The van der Waals surface area contributed by atoms with E-state index in [-0.39, 0.29) is 11.7 Å². The molecule has 1 fully saturated rings. The van der Waals surface area contributed by atoms with Gasteiger partial charge in [0.05, 0.1) is 16.5 Å². The number of aliphatic imine (C=N–C) groups is 1. The second kappa shape index (κ2) is 9.24. The Morgan fingerprint density at radius 2 is 1.93 bits per heavy atom. The topological polar surface area (TPSA) is 65.4 Å². The summed E-state index contributed by atoms with van der Waals surface area (Å²) in [5.41, 5.74) is 2.07. The van der Waals surface area contributed by atoms with Crippen LogP contribution in [0, 0.1) is 0 Å². The fourth-order valence-electron chi connectivity index (χ4n) is 3.46. The van der Waals surface area contributed by atoms with E-state index < -0.39 is 0 Å². The number of carbonyl (C=O) groups excluding carboxylic acids is 1. The summed E-state index contributed by atoms with van der Waals surface area (Å²) in [7, 11) is 1.49. The molecular formula is C22H22BrN3O3S. The van der Waals surface area contributed by atoms with E-state index in [1.807, 2.05) is 6.07 Å². The first-order valence-corrected chi connectivity index (χ1v) is 11.2. The Bertz CT molecular complexity index is 1000. The molecule has 0 spiro atoms. The number of carbonyl (C=O) groups is 1. The summed E-state index contributed by atoms with van der Waals surface area (Å²) >= 11 is 4.71. The minimum absolute atomic E-state index is 0.0374. The van der Waals surface area contributed by atoms with E-state index in [1.165, 1.54) is 24.4 Å². The monoisotopic (exact) mass is 487 g/mol. The minimum Gasteiger partial charge on any atom is -0.503 e. The van der Waals surface area contributed by atoms with Gasteiger partial charge in [-0.3, -0.25) is 9.69 Å². The van der Waals surface area contributed by atoms with E-state index in [2.05, 4.69) is 55.0 Å². The summed E-state index contributed by atoms with van der Waals surface area (Å²) in [4.78, 5) is 21.9. The molecule has 4 rings (SSSR count). The summed E-state index contributed by atoms with van der Waals surface area (Å²) in [6.45, 7) is 4.50. The quantitative estimate of drug-likeness (QED) is 0.658. The molecule has 156 valence electrons. The SMILES string of the molecule is COc1cc(/C=C2\SC(N3CCN(Cc4ccccc4)CC3)=NC2=O)cc(Br)c1O. The summed E-state index contributed by atoms with van der Waals surface area (Å²) in [6.07, 6.45) is 1.78. The molecule has 2 aromatic carbocycles. The zero-order chi connectivity index (χ0) is 21.1. The number of methoxy groups -OCH3 is 1. The van der Waals surface area contributed by atoms with Crippen LogP contribution in [0.5, 0.6) is 11.5 Å². The molecule has 0 radical (unpaired) electrons. The normalized spacial score (nSPS) is 18.7. The number of nitrogens with zero attached hydrogens (tertiary/aromatic N) is 3. The van der Waals surface area contributed by atoms with Crippen molar-refractivity contribution in [2.45, 2.75) is 6.54 Å². The molecule has 0 bridgehead atoms. The third-order valence-electron chi connectivity index (χ3n) is 5.07. The van der Waals surface area contributed by atoms with E-state index in [4.69, 9.17) is 4.74 Å². The van der Waals surface area contributed by atoms with E-state index in [9.17, 15) is 9.90 Å². The Morgan fingerprint density at radius 3 is 2.63 bits per heavy atom. The maximum Gasteiger partial charge on any atom is 0.286 e. The van der Waals surface area contributed by atoms with E-state index in [0.717, 1.165) is 43.5 Å². The smallest absolute Gasteiger partial charge is 0.286 e. The number of hydrogen-bond acceptors (Lipinski definition) is 6. The Balaban J connectivity index is 1.39. The Labute approximate surface area is 188 Å². The highest BCUT2D eigenvalue weighted by Crippen LogP contribution is 2.37. The predicted molar refractivity (Wildman–Crippen MR) is 124 cm³/mol. The standard InChI is InChI=1S/C22H22BrN3O3S/c1-29-18-12-16(11-17(23)20(18)27)13-19-21(28)24-22(30-19)26-9-7-25(8-10-26)14-15-5-3-2-4-6-15/h2-6,11-13,27H,7-10,14H2,1H3/b19-13-. The van der Waals surface area contributed by atoms with Gasteiger partial charge in [-0.05, 0) is 57.0 Å². The lowest BCUT2D eigenvalue weighted by Crippen LogP contribution is -2.47. The van der Waals surface area contributed by atoms with Crippen LogP contribution in [-0.4, -0.2) is 59.3 Å². The lowest BCUT2D eigenvalue weighted by Gasteiger charge is -2.35. The summed E-state index contributed by atoms with van der Waals surface area (Å²) in [6, 6.07) is 13.9. The number of ether oxygens (including phenoxy) is 1. The number of rotatable bonds is 4. The molecule has 1 N–H and O–H groups in total. The van der Waals surface area contributed by atoms with Gasteiger partial charge < -0.3 is 14.7 Å². The highest BCUT2D eigenvalue weighted by atomic mass is 79.9. The molecule has 0 aromatic heterocycles. The Hall–Kier alpha value is -2.29. The van der Waals surface area contributed by atoms with Crippen LogP contribution in [-0.2, 0) is 11.3 Å². The maximum atomic E-state index is 12.4. The van der Waals surface area contributed by atoms with Gasteiger partial charge in [0.25, 0.3) is 5.91 Å². The van der Waals surface area contributed by atoms with Crippen LogP contribution in [0.2, 0.25) is 0 Å². The lowest BCUT2D eigenvalue weighted by atomic mass is 10.2. The van der Waals surface area contributed by atoms with Gasteiger partial charge in [-0.1, -0.05) is 30.3 Å². The molecule has 1 saturated heterocycles. The molecule has 1 amide bonds. The molecule has 30 heavy (non-hydrogen) atoms.